The molecule has 10 heteroatoms. The molecule has 4 heterocycles. The van der Waals surface area contributed by atoms with Gasteiger partial charge in [0.15, 0.2) is 11.0 Å². The molecule has 0 spiro atoms. The molecule has 154 valence electrons. The van der Waals surface area contributed by atoms with Crippen LogP contribution in [0.25, 0.3) is 16.8 Å². The van der Waals surface area contributed by atoms with Gasteiger partial charge in [-0.3, -0.25) is 9.89 Å². The number of rotatable bonds is 3. The largest absolute Gasteiger partial charge is 0.398 e. The molecule has 5 rings (SSSR count). The molecule has 0 radical (unpaired) electrons. The fourth-order valence-electron chi connectivity index (χ4n) is 4.39. The molecule has 2 aliphatic heterocycles. The second kappa shape index (κ2) is 7.14. The summed E-state index contributed by atoms with van der Waals surface area (Å²) >= 11 is 12.0. The third-order valence-corrected chi connectivity index (χ3v) is 6.33. The molecule has 0 saturated carbocycles. The number of nitrogens with one attached hydrogen (secondary N) is 2. The maximum atomic E-state index is 14.6. The molecule has 2 aromatic heterocycles. The van der Waals surface area contributed by atoms with Crippen molar-refractivity contribution in [3.8, 4) is 11.3 Å². The summed E-state index contributed by atoms with van der Waals surface area (Å²) < 4.78 is 14.6. The Bertz CT molecular complexity index is 1190. The molecule has 3 aromatic rings. The van der Waals surface area contributed by atoms with Crippen molar-refractivity contribution in [3.05, 3.63) is 58.0 Å². The molecule has 30 heavy (non-hydrogen) atoms. The Labute approximate surface area is 181 Å². The second-order valence-electron chi connectivity index (χ2n) is 7.46. The third-order valence-electron chi connectivity index (χ3n) is 5.75. The number of fused-ring (bicyclic) bond motifs is 1. The van der Waals surface area contributed by atoms with Crippen LogP contribution >= 0.6 is 23.2 Å². The van der Waals surface area contributed by atoms with E-state index in [-0.39, 0.29) is 34.3 Å². The van der Waals surface area contributed by atoms with Gasteiger partial charge in [0, 0.05) is 29.6 Å². The fraction of sp³-hybridized carbons (Fsp3) is 0.250. The molecule has 7 nitrogen and oxygen atoms in total. The van der Waals surface area contributed by atoms with Gasteiger partial charge in [0.2, 0.25) is 5.91 Å². The van der Waals surface area contributed by atoms with Crippen molar-refractivity contribution in [2.24, 2.45) is 0 Å². The van der Waals surface area contributed by atoms with Crippen molar-refractivity contribution in [3.63, 3.8) is 0 Å². The first kappa shape index (κ1) is 19.1. The Kier molecular flexibility index (Phi) is 4.56. The zero-order valence-corrected chi connectivity index (χ0v) is 17.1. The summed E-state index contributed by atoms with van der Waals surface area (Å²) in [6.45, 7) is 0. The van der Waals surface area contributed by atoms with E-state index < -0.39 is 5.82 Å². The molecule has 4 N–H and O–H groups in total. The van der Waals surface area contributed by atoms with Crippen molar-refractivity contribution < 1.29 is 9.18 Å². The van der Waals surface area contributed by atoms with Gasteiger partial charge < -0.3 is 15.6 Å². The number of benzene rings is 1. The molecule has 0 bridgehead atoms. The van der Waals surface area contributed by atoms with E-state index in [1.807, 2.05) is 4.90 Å². The number of aromatic amines is 2. The smallest absolute Gasteiger partial charge is 0.247 e. The normalized spacial score (nSPS) is 21.1. The highest BCUT2D eigenvalue weighted by Gasteiger charge is 2.42. The lowest BCUT2D eigenvalue weighted by molar-refractivity contribution is -0.129. The minimum Gasteiger partial charge on any atom is -0.398 e. The zero-order valence-electron chi connectivity index (χ0n) is 15.6. The van der Waals surface area contributed by atoms with Crippen LogP contribution < -0.4 is 5.73 Å². The van der Waals surface area contributed by atoms with Crippen LogP contribution in [-0.2, 0) is 4.79 Å². The minimum atomic E-state index is -0.591. The fourth-order valence-corrected chi connectivity index (χ4v) is 4.76. The number of nitrogens with zero attached hydrogens (tertiary/aromatic N) is 3. The molecule has 1 saturated heterocycles. The summed E-state index contributed by atoms with van der Waals surface area (Å²) in [5.41, 5.74) is 8.48. The van der Waals surface area contributed by atoms with Crippen molar-refractivity contribution >= 4 is 40.4 Å². The first-order valence-electron chi connectivity index (χ1n) is 9.45. The van der Waals surface area contributed by atoms with Crippen LogP contribution in [0.4, 0.5) is 10.1 Å². The molecule has 2 atom stereocenters. The number of imidazole rings is 1. The number of hydrogen-bond acceptors (Lipinski definition) is 4. The molecule has 2 aliphatic rings. The summed E-state index contributed by atoms with van der Waals surface area (Å²) in [7, 11) is 0. The van der Waals surface area contributed by atoms with E-state index >= 15 is 0 Å². The van der Waals surface area contributed by atoms with Crippen LogP contribution in [0.3, 0.4) is 0 Å². The maximum Gasteiger partial charge on any atom is 0.247 e. The number of hydrogen-bond donors (Lipinski definition) is 3. The zero-order chi connectivity index (χ0) is 21.0. The van der Waals surface area contributed by atoms with Crippen LogP contribution in [0.5, 0.6) is 0 Å². The van der Waals surface area contributed by atoms with Crippen molar-refractivity contribution in [2.45, 2.75) is 31.3 Å². The maximum absolute atomic E-state index is 14.6. The number of halogens is 3. The predicted octanol–water partition coefficient (Wildman–Crippen LogP) is 4.35. The standard InChI is InChI=1S/C20H17Cl2FN6O/c21-12-2-3-13(24)17(18(12)23)9-5-10-1-4-15(29(10)16(30)6-9)20-25-8-14(27-20)11-7-26-28-19(11)22/h2-3,6-8,10,15H,1,4-5,24H2,(H,25,27)(H,26,28)/t10?,15-/m0/s1. The van der Waals surface area contributed by atoms with Crippen LogP contribution in [0.1, 0.15) is 36.7 Å². The van der Waals surface area contributed by atoms with Crippen LogP contribution in [0, 0.1) is 5.82 Å². The van der Waals surface area contributed by atoms with E-state index in [1.165, 1.54) is 12.1 Å². The molecular formula is C20H17Cl2FN6O. The van der Waals surface area contributed by atoms with Gasteiger partial charge in [-0.1, -0.05) is 23.2 Å². The van der Waals surface area contributed by atoms with E-state index in [0.717, 1.165) is 18.5 Å². The number of anilines is 1. The summed E-state index contributed by atoms with van der Waals surface area (Å²) in [5, 5.41) is 6.94. The van der Waals surface area contributed by atoms with Gasteiger partial charge in [-0.25, -0.2) is 9.37 Å². The van der Waals surface area contributed by atoms with E-state index in [0.29, 0.717) is 28.5 Å². The van der Waals surface area contributed by atoms with Gasteiger partial charge in [0.25, 0.3) is 0 Å². The lowest BCUT2D eigenvalue weighted by Gasteiger charge is -2.33. The van der Waals surface area contributed by atoms with Gasteiger partial charge >= 0.3 is 0 Å². The first-order chi connectivity index (χ1) is 14.4. The molecular weight excluding hydrogens is 430 g/mol. The number of nitrogen functional groups attached to an aromatic ring is 1. The van der Waals surface area contributed by atoms with Gasteiger partial charge in [-0.2, -0.15) is 5.10 Å². The number of amides is 1. The van der Waals surface area contributed by atoms with Crippen molar-refractivity contribution in [1.29, 1.82) is 0 Å². The van der Waals surface area contributed by atoms with Crippen molar-refractivity contribution in [1.82, 2.24) is 25.1 Å². The quantitative estimate of drug-likeness (QED) is 0.520. The Morgan fingerprint density at radius 2 is 2.10 bits per heavy atom. The van der Waals surface area contributed by atoms with Gasteiger partial charge in [0.1, 0.15) is 5.82 Å². The van der Waals surface area contributed by atoms with Crippen LogP contribution in [0.2, 0.25) is 10.2 Å². The lowest BCUT2D eigenvalue weighted by atomic mass is 9.92. The van der Waals surface area contributed by atoms with Gasteiger partial charge in [-0.15, -0.1) is 0 Å². The van der Waals surface area contributed by atoms with E-state index in [1.54, 1.807) is 18.5 Å². The molecule has 1 unspecified atom stereocenters. The molecule has 1 aromatic carbocycles. The number of H-pyrrole nitrogens is 2. The summed E-state index contributed by atoms with van der Waals surface area (Å²) in [6, 6.07) is 2.72. The van der Waals surface area contributed by atoms with E-state index in [2.05, 4.69) is 20.2 Å². The lowest BCUT2D eigenvalue weighted by Crippen LogP contribution is -2.39. The highest BCUT2D eigenvalue weighted by molar-refractivity contribution is 6.32. The van der Waals surface area contributed by atoms with Crippen molar-refractivity contribution in [2.75, 3.05) is 5.73 Å². The molecule has 0 aliphatic carbocycles. The topological polar surface area (TPSA) is 104 Å². The predicted molar refractivity (Wildman–Crippen MR) is 112 cm³/mol. The summed E-state index contributed by atoms with van der Waals surface area (Å²) in [6.07, 6.45) is 6.84. The third kappa shape index (κ3) is 2.98. The van der Waals surface area contributed by atoms with Gasteiger partial charge in [0.05, 0.1) is 28.5 Å². The minimum absolute atomic E-state index is 0.0136. The number of carbonyl (C=O) groups is 1. The monoisotopic (exact) mass is 446 g/mol. The molecule has 1 amide bonds. The Hall–Kier alpha value is -2.84. The summed E-state index contributed by atoms with van der Waals surface area (Å²) in [4.78, 5) is 22.5. The molecule has 1 fully saturated rings. The second-order valence-corrected chi connectivity index (χ2v) is 8.23. The average molecular weight is 447 g/mol. The highest BCUT2D eigenvalue weighted by Crippen LogP contribution is 2.44. The number of aromatic nitrogens is 4. The van der Waals surface area contributed by atoms with Gasteiger partial charge in [-0.05, 0) is 37.0 Å². The Balaban J connectivity index is 1.46. The SMILES string of the molecule is Nc1ccc(Cl)c(F)c1C1=CC(=O)N2C(CC[C@H]2c2ncc(-c3c[nH]nc3Cl)[nH]2)C1. The average Bonchev–Trinajstić information content (AvgIpc) is 3.44. The van der Waals surface area contributed by atoms with Crippen LogP contribution in [-0.4, -0.2) is 37.0 Å². The number of carbonyl (C=O) groups excluding carboxylic acids is 1. The van der Waals surface area contributed by atoms with E-state index in [9.17, 15) is 9.18 Å². The van der Waals surface area contributed by atoms with Crippen LogP contribution in [0.15, 0.2) is 30.6 Å². The number of nitrogens with two attached hydrogens (primary N) is 1. The van der Waals surface area contributed by atoms with E-state index in [4.69, 9.17) is 28.9 Å². The summed E-state index contributed by atoms with van der Waals surface area (Å²) in [5.74, 6) is -0.100. The first-order valence-corrected chi connectivity index (χ1v) is 10.2. The highest BCUT2D eigenvalue weighted by atomic mass is 35.5. The Morgan fingerprint density at radius 3 is 2.87 bits per heavy atom. The Morgan fingerprint density at radius 1 is 1.27 bits per heavy atom.